The molecule has 0 amide bonds. The Kier molecular flexibility index (Phi) is 2.78. The van der Waals surface area contributed by atoms with Crippen molar-refractivity contribution in [1.29, 1.82) is 0 Å². The van der Waals surface area contributed by atoms with Gasteiger partial charge in [0.2, 0.25) is 0 Å². The van der Waals surface area contributed by atoms with Gasteiger partial charge in [-0.2, -0.15) is 18.3 Å². The van der Waals surface area contributed by atoms with Crippen LogP contribution in [-0.2, 0) is 6.18 Å². The van der Waals surface area contributed by atoms with Gasteiger partial charge in [-0.05, 0) is 13.0 Å². The second-order valence-electron chi connectivity index (χ2n) is 2.76. The van der Waals surface area contributed by atoms with Crippen LogP contribution in [0.2, 0.25) is 0 Å². The first-order chi connectivity index (χ1) is 6.46. The first kappa shape index (κ1) is 10.6. The van der Waals surface area contributed by atoms with Crippen molar-refractivity contribution in [2.45, 2.75) is 13.1 Å². The molecule has 1 aromatic rings. The fourth-order valence-electron chi connectivity index (χ4n) is 1.12. The molecule has 0 aliphatic heterocycles. The Balaban J connectivity index is 3.31. The van der Waals surface area contributed by atoms with Crippen molar-refractivity contribution in [3.8, 4) is 0 Å². The van der Waals surface area contributed by atoms with Gasteiger partial charge < -0.3 is 5.84 Å². The van der Waals surface area contributed by atoms with E-state index in [0.717, 1.165) is 6.07 Å². The largest absolute Gasteiger partial charge is 0.417 e. The lowest BCUT2D eigenvalue weighted by Crippen LogP contribution is -2.12. The molecule has 0 spiro atoms. The van der Waals surface area contributed by atoms with Gasteiger partial charge in [-0.25, -0.2) is 0 Å². The maximum absolute atomic E-state index is 12.4. The summed E-state index contributed by atoms with van der Waals surface area (Å²) >= 11 is 0. The maximum atomic E-state index is 12.4. The van der Waals surface area contributed by atoms with Crippen LogP contribution >= 0.6 is 0 Å². The second kappa shape index (κ2) is 3.69. The highest BCUT2D eigenvalue weighted by atomic mass is 19.4. The van der Waals surface area contributed by atoms with E-state index in [-0.39, 0.29) is 11.3 Å². The van der Waals surface area contributed by atoms with E-state index in [1.54, 1.807) is 0 Å². The molecule has 0 fully saturated rings. The van der Waals surface area contributed by atoms with Crippen molar-refractivity contribution in [1.82, 2.24) is 0 Å². The summed E-state index contributed by atoms with van der Waals surface area (Å²) in [7, 11) is 0. The SMILES string of the molecule is C/C(=N\N)c1ccccc1C(F)(F)F. The van der Waals surface area contributed by atoms with Crippen molar-refractivity contribution in [3.63, 3.8) is 0 Å². The number of rotatable bonds is 1. The second-order valence-corrected chi connectivity index (χ2v) is 2.76. The van der Waals surface area contributed by atoms with E-state index in [0.29, 0.717) is 0 Å². The Morgan fingerprint density at radius 3 is 2.36 bits per heavy atom. The number of alkyl halides is 3. The van der Waals surface area contributed by atoms with E-state index in [1.807, 2.05) is 0 Å². The lowest BCUT2D eigenvalue weighted by atomic mass is 10.0. The summed E-state index contributed by atoms with van der Waals surface area (Å²) in [5.74, 6) is 4.94. The van der Waals surface area contributed by atoms with Gasteiger partial charge in [0.25, 0.3) is 0 Å². The quantitative estimate of drug-likeness (QED) is 0.424. The first-order valence-electron chi connectivity index (χ1n) is 3.88. The number of hydrazone groups is 1. The fourth-order valence-corrected chi connectivity index (χ4v) is 1.12. The molecule has 0 aliphatic carbocycles. The maximum Gasteiger partial charge on any atom is 0.417 e. The molecule has 1 rings (SSSR count). The van der Waals surface area contributed by atoms with Crippen molar-refractivity contribution >= 4 is 5.71 Å². The molecule has 0 unspecified atom stereocenters. The van der Waals surface area contributed by atoms with E-state index < -0.39 is 11.7 Å². The lowest BCUT2D eigenvalue weighted by molar-refractivity contribution is -0.137. The molecule has 0 saturated heterocycles. The van der Waals surface area contributed by atoms with Crippen molar-refractivity contribution in [2.75, 3.05) is 0 Å². The minimum atomic E-state index is -4.37. The molecule has 2 N–H and O–H groups in total. The Labute approximate surface area is 79.2 Å². The van der Waals surface area contributed by atoms with Crippen LogP contribution in [-0.4, -0.2) is 5.71 Å². The molecule has 0 heterocycles. The average Bonchev–Trinajstić information content (AvgIpc) is 2.15. The van der Waals surface area contributed by atoms with Crippen molar-refractivity contribution in [2.24, 2.45) is 10.9 Å². The number of halogens is 3. The van der Waals surface area contributed by atoms with Crippen molar-refractivity contribution < 1.29 is 13.2 Å². The van der Waals surface area contributed by atoms with Crippen LogP contribution in [0, 0.1) is 0 Å². The molecule has 5 heteroatoms. The normalized spacial score (nSPS) is 13.0. The number of nitrogens with zero attached hydrogens (tertiary/aromatic N) is 1. The van der Waals surface area contributed by atoms with Gasteiger partial charge in [-0.15, -0.1) is 0 Å². The third-order valence-electron chi connectivity index (χ3n) is 1.82. The van der Waals surface area contributed by atoms with Crippen LogP contribution in [0.4, 0.5) is 13.2 Å². The predicted octanol–water partition coefficient (Wildman–Crippen LogP) is 2.39. The molecule has 2 nitrogen and oxygen atoms in total. The first-order valence-corrected chi connectivity index (χ1v) is 3.88. The fraction of sp³-hybridized carbons (Fsp3) is 0.222. The Morgan fingerprint density at radius 2 is 1.86 bits per heavy atom. The Bertz CT molecular complexity index is 355. The molecule has 0 radical (unpaired) electrons. The van der Waals surface area contributed by atoms with Crippen LogP contribution in [0.1, 0.15) is 18.1 Å². The van der Waals surface area contributed by atoms with Crippen LogP contribution in [0.15, 0.2) is 29.4 Å². The minimum Gasteiger partial charge on any atom is -0.323 e. The molecule has 14 heavy (non-hydrogen) atoms. The smallest absolute Gasteiger partial charge is 0.323 e. The highest BCUT2D eigenvalue weighted by Crippen LogP contribution is 2.31. The van der Waals surface area contributed by atoms with Gasteiger partial charge in [0.15, 0.2) is 0 Å². The standard InChI is InChI=1S/C9H9F3N2/c1-6(14-13)7-4-2-3-5-8(7)9(10,11)12/h2-5H,13H2,1H3/b14-6+. The van der Waals surface area contributed by atoms with E-state index in [2.05, 4.69) is 5.10 Å². The molecular formula is C9H9F3N2. The summed E-state index contributed by atoms with van der Waals surface area (Å²) in [6.07, 6.45) is -4.37. The molecular weight excluding hydrogens is 193 g/mol. The zero-order valence-corrected chi connectivity index (χ0v) is 7.47. The van der Waals surface area contributed by atoms with E-state index >= 15 is 0 Å². The summed E-state index contributed by atoms with van der Waals surface area (Å²) in [6.45, 7) is 1.44. The highest BCUT2D eigenvalue weighted by molar-refractivity contribution is 5.99. The van der Waals surface area contributed by atoms with E-state index in [1.165, 1.54) is 25.1 Å². The summed E-state index contributed by atoms with van der Waals surface area (Å²) < 4.78 is 37.3. The van der Waals surface area contributed by atoms with Gasteiger partial charge in [-0.3, -0.25) is 0 Å². The lowest BCUT2D eigenvalue weighted by Gasteiger charge is -2.11. The van der Waals surface area contributed by atoms with Crippen LogP contribution < -0.4 is 5.84 Å². The Hall–Kier alpha value is -1.52. The number of benzene rings is 1. The molecule has 1 aromatic carbocycles. The summed E-state index contributed by atoms with van der Waals surface area (Å²) in [5.41, 5.74) is -0.535. The monoisotopic (exact) mass is 202 g/mol. The summed E-state index contributed by atoms with van der Waals surface area (Å²) in [5, 5.41) is 3.25. The molecule has 76 valence electrons. The van der Waals surface area contributed by atoms with Gasteiger partial charge >= 0.3 is 6.18 Å². The number of hydrogen-bond acceptors (Lipinski definition) is 2. The van der Waals surface area contributed by atoms with Crippen LogP contribution in [0.25, 0.3) is 0 Å². The topological polar surface area (TPSA) is 38.4 Å². The molecule has 0 aromatic heterocycles. The minimum absolute atomic E-state index is 0.0162. The Morgan fingerprint density at radius 1 is 1.29 bits per heavy atom. The van der Waals surface area contributed by atoms with Gasteiger partial charge in [0.05, 0.1) is 11.3 Å². The summed E-state index contributed by atoms with van der Waals surface area (Å²) in [6, 6.07) is 5.19. The zero-order chi connectivity index (χ0) is 10.8. The predicted molar refractivity (Wildman–Crippen MR) is 47.8 cm³/mol. The van der Waals surface area contributed by atoms with E-state index in [4.69, 9.17) is 5.84 Å². The third-order valence-corrected chi connectivity index (χ3v) is 1.82. The molecule has 0 aliphatic rings. The van der Waals surface area contributed by atoms with Gasteiger partial charge in [0, 0.05) is 5.56 Å². The number of nitrogens with two attached hydrogens (primary N) is 1. The van der Waals surface area contributed by atoms with Gasteiger partial charge in [-0.1, -0.05) is 18.2 Å². The summed E-state index contributed by atoms with van der Waals surface area (Å²) in [4.78, 5) is 0. The molecule has 0 atom stereocenters. The van der Waals surface area contributed by atoms with Crippen molar-refractivity contribution in [3.05, 3.63) is 35.4 Å². The molecule has 0 saturated carbocycles. The highest BCUT2D eigenvalue weighted by Gasteiger charge is 2.33. The van der Waals surface area contributed by atoms with Crippen LogP contribution in [0.5, 0.6) is 0 Å². The number of hydrogen-bond donors (Lipinski definition) is 1. The van der Waals surface area contributed by atoms with Gasteiger partial charge in [0.1, 0.15) is 0 Å². The van der Waals surface area contributed by atoms with E-state index in [9.17, 15) is 13.2 Å². The van der Waals surface area contributed by atoms with Crippen LogP contribution in [0.3, 0.4) is 0 Å². The zero-order valence-electron chi connectivity index (χ0n) is 7.47. The third kappa shape index (κ3) is 2.04. The molecule has 0 bridgehead atoms. The average molecular weight is 202 g/mol.